The summed E-state index contributed by atoms with van der Waals surface area (Å²) in [6.45, 7) is 1.04. The van der Waals surface area contributed by atoms with Crippen LogP contribution in [0.1, 0.15) is 29.6 Å². The van der Waals surface area contributed by atoms with Crippen molar-refractivity contribution in [2.45, 2.75) is 25.4 Å². The Morgan fingerprint density at radius 3 is 2.95 bits per heavy atom. The molecule has 0 spiro atoms. The number of carbonyl (C=O) groups excluding carboxylic acids is 1. The fourth-order valence-corrected chi connectivity index (χ4v) is 2.05. The molecule has 1 aliphatic heterocycles. The van der Waals surface area contributed by atoms with Crippen molar-refractivity contribution >= 4 is 11.7 Å². The molecule has 0 bridgehead atoms. The first kappa shape index (κ1) is 13.7. The summed E-state index contributed by atoms with van der Waals surface area (Å²) in [7, 11) is 1.53. The van der Waals surface area contributed by atoms with Crippen molar-refractivity contribution in [2.24, 2.45) is 0 Å². The first-order valence-corrected chi connectivity index (χ1v) is 6.43. The van der Waals surface area contributed by atoms with Gasteiger partial charge in [0.05, 0.1) is 24.5 Å². The Morgan fingerprint density at radius 1 is 1.47 bits per heavy atom. The number of benzene rings is 1. The molecule has 0 saturated carbocycles. The van der Waals surface area contributed by atoms with Crippen LogP contribution in [0.2, 0.25) is 0 Å². The van der Waals surface area contributed by atoms with Crippen LogP contribution in [0.5, 0.6) is 5.75 Å². The quantitative estimate of drug-likeness (QED) is 0.666. The molecule has 1 saturated heterocycles. The van der Waals surface area contributed by atoms with Crippen molar-refractivity contribution < 1.29 is 19.0 Å². The number of rotatable bonds is 4. The summed E-state index contributed by atoms with van der Waals surface area (Å²) < 4.78 is 15.8. The van der Waals surface area contributed by atoms with E-state index in [1.54, 1.807) is 18.2 Å². The van der Waals surface area contributed by atoms with Gasteiger partial charge in [0, 0.05) is 6.61 Å². The van der Waals surface area contributed by atoms with E-state index in [0.717, 1.165) is 25.9 Å². The minimum absolute atomic E-state index is 0.0216. The van der Waals surface area contributed by atoms with Gasteiger partial charge in [-0.3, -0.25) is 0 Å². The minimum atomic E-state index is -0.386. The van der Waals surface area contributed by atoms with Crippen LogP contribution in [-0.4, -0.2) is 32.4 Å². The summed E-state index contributed by atoms with van der Waals surface area (Å²) >= 11 is 0. The third kappa shape index (κ3) is 3.61. The van der Waals surface area contributed by atoms with Crippen molar-refractivity contribution in [3.8, 4) is 5.75 Å². The largest absolute Gasteiger partial charge is 0.495 e. The van der Waals surface area contributed by atoms with Crippen LogP contribution in [0.3, 0.4) is 0 Å². The molecule has 0 amide bonds. The van der Waals surface area contributed by atoms with Gasteiger partial charge in [-0.1, -0.05) is 0 Å². The molecule has 19 heavy (non-hydrogen) atoms. The number of ether oxygens (including phenoxy) is 3. The van der Waals surface area contributed by atoms with Gasteiger partial charge in [0.2, 0.25) is 0 Å². The lowest BCUT2D eigenvalue weighted by atomic mass is 10.1. The molecule has 2 rings (SSSR count). The van der Waals surface area contributed by atoms with E-state index in [4.69, 9.17) is 19.9 Å². The Morgan fingerprint density at radius 2 is 2.32 bits per heavy atom. The molecule has 1 aromatic rings. The second-order valence-electron chi connectivity index (χ2n) is 4.54. The second kappa shape index (κ2) is 6.43. The zero-order chi connectivity index (χ0) is 13.7. The number of nitrogen functional groups attached to an aromatic ring is 1. The molecular weight excluding hydrogens is 246 g/mol. The van der Waals surface area contributed by atoms with Crippen LogP contribution in [0.4, 0.5) is 5.69 Å². The topological polar surface area (TPSA) is 70.8 Å². The average molecular weight is 265 g/mol. The maximum absolute atomic E-state index is 11.9. The van der Waals surface area contributed by atoms with E-state index in [1.807, 2.05) is 0 Å². The van der Waals surface area contributed by atoms with E-state index in [-0.39, 0.29) is 12.1 Å². The number of hydrogen-bond donors (Lipinski definition) is 1. The van der Waals surface area contributed by atoms with Gasteiger partial charge >= 0.3 is 5.97 Å². The van der Waals surface area contributed by atoms with Crippen LogP contribution in [0.15, 0.2) is 18.2 Å². The Bertz CT molecular complexity index is 441. The second-order valence-corrected chi connectivity index (χ2v) is 4.54. The fraction of sp³-hybridized carbons (Fsp3) is 0.500. The Labute approximate surface area is 112 Å². The molecule has 2 N–H and O–H groups in total. The molecule has 0 radical (unpaired) electrons. The van der Waals surface area contributed by atoms with Crippen LogP contribution in [0, 0.1) is 0 Å². The number of esters is 1. The lowest BCUT2D eigenvalue weighted by Gasteiger charge is -2.22. The molecule has 1 atom stereocenters. The average Bonchev–Trinajstić information content (AvgIpc) is 2.45. The summed E-state index contributed by atoms with van der Waals surface area (Å²) in [6.07, 6.45) is 3.17. The van der Waals surface area contributed by atoms with Crippen molar-refractivity contribution in [3.05, 3.63) is 23.8 Å². The van der Waals surface area contributed by atoms with E-state index in [1.165, 1.54) is 7.11 Å². The van der Waals surface area contributed by atoms with Gasteiger partial charge in [0.25, 0.3) is 0 Å². The number of nitrogens with two attached hydrogens (primary N) is 1. The molecule has 5 nitrogen and oxygen atoms in total. The van der Waals surface area contributed by atoms with E-state index in [0.29, 0.717) is 23.6 Å². The highest BCUT2D eigenvalue weighted by Crippen LogP contribution is 2.22. The Balaban J connectivity index is 1.90. The zero-order valence-corrected chi connectivity index (χ0v) is 11.1. The summed E-state index contributed by atoms with van der Waals surface area (Å²) in [5, 5.41) is 0. The van der Waals surface area contributed by atoms with E-state index >= 15 is 0 Å². The summed E-state index contributed by atoms with van der Waals surface area (Å²) in [6, 6.07) is 4.85. The first-order chi connectivity index (χ1) is 9.20. The molecule has 104 valence electrons. The Hall–Kier alpha value is -1.75. The molecule has 1 heterocycles. The molecule has 5 heteroatoms. The van der Waals surface area contributed by atoms with Gasteiger partial charge in [-0.25, -0.2) is 4.79 Å². The smallest absolute Gasteiger partial charge is 0.338 e. The van der Waals surface area contributed by atoms with Crippen LogP contribution >= 0.6 is 0 Å². The van der Waals surface area contributed by atoms with E-state index in [9.17, 15) is 4.79 Å². The third-order valence-corrected chi connectivity index (χ3v) is 3.14. The Kier molecular flexibility index (Phi) is 4.63. The van der Waals surface area contributed by atoms with Gasteiger partial charge in [-0.05, 0) is 37.5 Å². The molecule has 0 aromatic heterocycles. The van der Waals surface area contributed by atoms with Gasteiger partial charge in [0.15, 0.2) is 0 Å². The maximum atomic E-state index is 11.9. The van der Waals surface area contributed by atoms with Crippen LogP contribution in [-0.2, 0) is 9.47 Å². The van der Waals surface area contributed by atoms with E-state index < -0.39 is 0 Å². The molecule has 1 unspecified atom stereocenters. The minimum Gasteiger partial charge on any atom is -0.495 e. The van der Waals surface area contributed by atoms with Crippen LogP contribution in [0.25, 0.3) is 0 Å². The van der Waals surface area contributed by atoms with Gasteiger partial charge in [-0.15, -0.1) is 0 Å². The van der Waals surface area contributed by atoms with Crippen molar-refractivity contribution in [3.63, 3.8) is 0 Å². The third-order valence-electron chi connectivity index (χ3n) is 3.14. The van der Waals surface area contributed by atoms with Crippen molar-refractivity contribution in [1.82, 2.24) is 0 Å². The summed E-state index contributed by atoms with van der Waals surface area (Å²) in [5.74, 6) is 0.163. The SMILES string of the molecule is COc1ccc(C(=O)OCC2CCCCO2)cc1N. The number of anilines is 1. The predicted molar refractivity (Wildman–Crippen MR) is 71.3 cm³/mol. The molecule has 1 fully saturated rings. The molecule has 1 aliphatic rings. The number of hydrogen-bond acceptors (Lipinski definition) is 5. The normalized spacial score (nSPS) is 18.9. The van der Waals surface area contributed by atoms with Gasteiger partial charge in [0.1, 0.15) is 12.4 Å². The highest BCUT2D eigenvalue weighted by molar-refractivity contribution is 5.91. The van der Waals surface area contributed by atoms with E-state index in [2.05, 4.69) is 0 Å². The number of carbonyl (C=O) groups is 1. The van der Waals surface area contributed by atoms with Crippen LogP contribution < -0.4 is 10.5 Å². The first-order valence-electron chi connectivity index (χ1n) is 6.43. The predicted octanol–water partition coefficient (Wildman–Crippen LogP) is 2.00. The number of methoxy groups -OCH3 is 1. The molecule has 1 aromatic carbocycles. The van der Waals surface area contributed by atoms with Gasteiger partial charge in [-0.2, -0.15) is 0 Å². The summed E-state index contributed by atoms with van der Waals surface area (Å²) in [4.78, 5) is 11.9. The highest BCUT2D eigenvalue weighted by Gasteiger charge is 2.17. The molecular formula is C14H19NO4. The monoisotopic (exact) mass is 265 g/mol. The summed E-state index contributed by atoms with van der Waals surface area (Å²) in [5.41, 5.74) is 6.60. The molecule has 0 aliphatic carbocycles. The fourth-order valence-electron chi connectivity index (χ4n) is 2.05. The van der Waals surface area contributed by atoms with Crippen molar-refractivity contribution in [2.75, 3.05) is 26.1 Å². The lowest BCUT2D eigenvalue weighted by molar-refractivity contribution is -0.0300. The van der Waals surface area contributed by atoms with Gasteiger partial charge < -0.3 is 19.9 Å². The lowest BCUT2D eigenvalue weighted by Crippen LogP contribution is -2.25. The zero-order valence-electron chi connectivity index (χ0n) is 11.1. The van der Waals surface area contributed by atoms with Crippen molar-refractivity contribution in [1.29, 1.82) is 0 Å². The maximum Gasteiger partial charge on any atom is 0.338 e. The highest BCUT2D eigenvalue weighted by atomic mass is 16.6. The standard InChI is InChI=1S/C14H19NO4/c1-17-13-6-5-10(8-12(13)15)14(16)19-9-11-4-2-3-7-18-11/h5-6,8,11H,2-4,7,9,15H2,1H3.